The number of nitrogens with two attached hydrogens (primary N) is 1. The van der Waals surface area contributed by atoms with Gasteiger partial charge in [0.2, 0.25) is 5.91 Å². The van der Waals surface area contributed by atoms with Crippen LogP contribution < -0.4 is 11.1 Å². The first-order chi connectivity index (χ1) is 9.97. The summed E-state index contributed by atoms with van der Waals surface area (Å²) in [5, 5.41) is 28.9. The summed E-state index contributed by atoms with van der Waals surface area (Å²) in [7, 11) is 1.78. The number of amides is 1. The van der Waals surface area contributed by atoms with Gasteiger partial charge in [-0.2, -0.15) is 0 Å². The monoisotopic (exact) mass is 291 g/mol. The van der Waals surface area contributed by atoms with E-state index in [4.69, 9.17) is 5.73 Å². The van der Waals surface area contributed by atoms with Crippen molar-refractivity contribution in [3.05, 3.63) is 35.9 Å². The van der Waals surface area contributed by atoms with Crippen LogP contribution in [0.3, 0.4) is 0 Å². The fraction of sp³-hybridized carbons (Fsp3) is 0.308. The number of rotatable bonds is 5. The Kier molecular flexibility index (Phi) is 4.39. The Morgan fingerprint density at radius 2 is 2.19 bits per heavy atom. The van der Waals surface area contributed by atoms with Crippen LogP contribution in [0, 0.1) is 0 Å². The molecular weight excluding hydrogens is 274 g/mol. The molecular formula is C13H17N5O3. The van der Waals surface area contributed by atoms with Crippen molar-refractivity contribution in [2.45, 2.75) is 19.0 Å². The highest BCUT2D eigenvalue weighted by Gasteiger charge is 2.15. The van der Waals surface area contributed by atoms with Gasteiger partial charge in [-0.05, 0) is 24.1 Å². The summed E-state index contributed by atoms with van der Waals surface area (Å²) in [6, 6.07) is 3.58. The van der Waals surface area contributed by atoms with E-state index in [1.54, 1.807) is 24.0 Å². The van der Waals surface area contributed by atoms with Crippen molar-refractivity contribution in [2.24, 2.45) is 12.8 Å². The van der Waals surface area contributed by atoms with Gasteiger partial charge in [-0.3, -0.25) is 4.79 Å². The number of aromatic hydroxyl groups is 2. The average molecular weight is 291 g/mol. The SMILES string of the molecule is Cn1cnnc1CNC(=O)[C@@H](N)Cc1ccc(O)c(O)c1. The van der Waals surface area contributed by atoms with E-state index in [1.807, 2.05) is 0 Å². The molecule has 0 radical (unpaired) electrons. The predicted molar refractivity (Wildman–Crippen MR) is 74.3 cm³/mol. The number of phenolic OH excluding ortho intramolecular Hbond substituents is 2. The molecule has 2 rings (SSSR count). The lowest BCUT2D eigenvalue weighted by Gasteiger charge is -2.12. The van der Waals surface area contributed by atoms with Crippen LogP contribution in [-0.4, -0.2) is 36.9 Å². The van der Waals surface area contributed by atoms with Crippen molar-refractivity contribution in [3.8, 4) is 11.5 Å². The van der Waals surface area contributed by atoms with Gasteiger partial charge in [0.1, 0.15) is 6.33 Å². The predicted octanol–water partition coefficient (Wildman–Crippen LogP) is -0.588. The summed E-state index contributed by atoms with van der Waals surface area (Å²) in [6.45, 7) is 0.240. The first kappa shape index (κ1) is 14.8. The Labute approximate surface area is 121 Å². The van der Waals surface area contributed by atoms with Gasteiger partial charge in [-0.25, -0.2) is 0 Å². The summed E-state index contributed by atoms with van der Waals surface area (Å²) in [6.07, 6.45) is 1.79. The number of nitrogens with zero attached hydrogens (tertiary/aromatic N) is 3. The number of aromatic nitrogens is 3. The van der Waals surface area contributed by atoms with Gasteiger partial charge in [-0.15, -0.1) is 10.2 Å². The zero-order valence-corrected chi connectivity index (χ0v) is 11.5. The lowest BCUT2D eigenvalue weighted by molar-refractivity contribution is -0.122. The van der Waals surface area contributed by atoms with E-state index in [9.17, 15) is 15.0 Å². The van der Waals surface area contributed by atoms with Crippen LogP contribution >= 0.6 is 0 Å². The van der Waals surface area contributed by atoms with Crippen molar-refractivity contribution >= 4 is 5.91 Å². The number of phenols is 2. The summed E-state index contributed by atoms with van der Waals surface area (Å²) >= 11 is 0. The summed E-state index contributed by atoms with van der Waals surface area (Å²) in [4.78, 5) is 11.9. The third-order valence-corrected chi connectivity index (χ3v) is 3.06. The van der Waals surface area contributed by atoms with Gasteiger partial charge < -0.3 is 25.8 Å². The Morgan fingerprint density at radius 1 is 1.43 bits per heavy atom. The fourth-order valence-electron chi connectivity index (χ4n) is 1.81. The van der Waals surface area contributed by atoms with Gasteiger partial charge in [0.15, 0.2) is 17.3 Å². The van der Waals surface area contributed by atoms with Gasteiger partial charge in [-0.1, -0.05) is 6.07 Å². The molecule has 0 bridgehead atoms. The number of benzene rings is 1. The maximum atomic E-state index is 11.9. The molecule has 1 aromatic carbocycles. The summed E-state index contributed by atoms with van der Waals surface area (Å²) in [5.74, 6) is -0.151. The second-order valence-electron chi connectivity index (χ2n) is 4.71. The Morgan fingerprint density at radius 3 is 2.81 bits per heavy atom. The number of aryl methyl sites for hydroxylation is 1. The maximum absolute atomic E-state index is 11.9. The number of carbonyl (C=O) groups excluding carboxylic acids is 1. The van der Waals surface area contributed by atoms with Crippen LogP contribution in [0.15, 0.2) is 24.5 Å². The zero-order valence-electron chi connectivity index (χ0n) is 11.5. The Hall–Kier alpha value is -2.61. The quantitative estimate of drug-likeness (QED) is 0.546. The minimum atomic E-state index is -0.762. The molecule has 8 heteroatoms. The molecule has 0 saturated carbocycles. The second-order valence-corrected chi connectivity index (χ2v) is 4.71. The van der Waals surface area contributed by atoms with Crippen LogP contribution in [0.5, 0.6) is 11.5 Å². The van der Waals surface area contributed by atoms with Crippen LogP contribution in [0.25, 0.3) is 0 Å². The van der Waals surface area contributed by atoms with Crippen LogP contribution in [0.1, 0.15) is 11.4 Å². The highest BCUT2D eigenvalue weighted by atomic mass is 16.3. The van der Waals surface area contributed by atoms with Crippen molar-refractivity contribution in [1.82, 2.24) is 20.1 Å². The fourth-order valence-corrected chi connectivity index (χ4v) is 1.81. The first-order valence-corrected chi connectivity index (χ1v) is 6.34. The Balaban J connectivity index is 1.90. The standard InChI is InChI=1S/C13H17N5O3/c1-18-7-16-17-12(18)6-15-13(21)9(14)4-8-2-3-10(19)11(20)5-8/h2-3,5,7,9,19-20H,4,6,14H2,1H3,(H,15,21)/t9-/m0/s1. The molecule has 1 aromatic heterocycles. The highest BCUT2D eigenvalue weighted by molar-refractivity contribution is 5.81. The second kappa shape index (κ2) is 6.23. The molecule has 5 N–H and O–H groups in total. The number of carbonyl (C=O) groups is 1. The van der Waals surface area contributed by atoms with E-state index in [0.29, 0.717) is 11.4 Å². The highest BCUT2D eigenvalue weighted by Crippen LogP contribution is 2.25. The minimum absolute atomic E-state index is 0.209. The molecule has 0 unspecified atom stereocenters. The Bertz CT molecular complexity index is 640. The molecule has 0 saturated heterocycles. The first-order valence-electron chi connectivity index (χ1n) is 6.34. The van der Waals surface area contributed by atoms with Crippen LogP contribution in [-0.2, 0) is 24.8 Å². The van der Waals surface area contributed by atoms with E-state index < -0.39 is 6.04 Å². The third kappa shape index (κ3) is 3.69. The van der Waals surface area contributed by atoms with Crippen LogP contribution in [0.2, 0.25) is 0 Å². The van der Waals surface area contributed by atoms with Crippen molar-refractivity contribution in [1.29, 1.82) is 0 Å². The normalized spacial score (nSPS) is 12.1. The van der Waals surface area contributed by atoms with Crippen molar-refractivity contribution < 1.29 is 15.0 Å². The largest absolute Gasteiger partial charge is 0.504 e. The van der Waals surface area contributed by atoms with Gasteiger partial charge >= 0.3 is 0 Å². The molecule has 0 fully saturated rings. The van der Waals surface area contributed by atoms with Gasteiger partial charge in [0, 0.05) is 7.05 Å². The molecule has 0 aliphatic heterocycles. The van der Waals surface area contributed by atoms with Crippen molar-refractivity contribution in [3.63, 3.8) is 0 Å². The van der Waals surface area contributed by atoms with Gasteiger partial charge in [0.05, 0.1) is 12.6 Å². The number of hydrogen-bond donors (Lipinski definition) is 4. The lowest BCUT2D eigenvalue weighted by Crippen LogP contribution is -2.42. The molecule has 8 nitrogen and oxygen atoms in total. The molecule has 0 spiro atoms. The number of hydrogen-bond acceptors (Lipinski definition) is 6. The summed E-state index contributed by atoms with van der Waals surface area (Å²) < 4.78 is 1.70. The van der Waals surface area contributed by atoms with E-state index in [2.05, 4.69) is 15.5 Å². The maximum Gasteiger partial charge on any atom is 0.237 e. The molecule has 1 heterocycles. The van der Waals surface area contributed by atoms with Gasteiger partial charge in [0.25, 0.3) is 0 Å². The topological polar surface area (TPSA) is 126 Å². The van der Waals surface area contributed by atoms with Crippen LogP contribution in [0.4, 0.5) is 0 Å². The lowest BCUT2D eigenvalue weighted by atomic mass is 10.1. The minimum Gasteiger partial charge on any atom is -0.504 e. The average Bonchev–Trinajstić information content (AvgIpc) is 2.85. The third-order valence-electron chi connectivity index (χ3n) is 3.06. The number of nitrogens with one attached hydrogen (secondary N) is 1. The molecule has 1 atom stereocenters. The summed E-state index contributed by atoms with van der Waals surface area (Å²) in [5.41, 5.74) is 6.47. The zero-order chi connectivity index (χ0) is 15.4. The van der Waals surface area contributed by atoms with E-state index >= 15 is 0 Å². The molecule has 0 aliphatic rings. The molecule has 21 heavy (non-hydrogen) atoms. The molecule has 2 aromatic rings. The van der Waals surface area contributed by atoms with E-state index in [1.165, 1.54) is 12.1 Å². The van der Waals surface area contributed by atoms with E-state index in [0.717, 1.165) is 0 Å². The molecule has 0 aliphatic carbocycles. The van der Waals surface area contributed by atoms with E-state index in [-0.39, 0.29) is 30.4 Å². The molecule has 112 valence electrons. The smallest absolute Gasteiger partial charge is 0.237 e. The van der Waals surface area contributed by atoms with Crippen molar-refractivity contribution in [2.75, 3.05) is 0 Å². The molecule has 1 amide bonds.